The molecule has 2 heteroatoms. The summed E-state index contributed by atoms with van der Waals surface area (Å²) >= 11 is 6.13. The molecule has 0 amide bonds. The van der Waals surface area contributed by atoms with Gasteiger partial charge in [0, 0.05) is 19.1 Å². The maximum atomic E-state index is 6.13. The zero-order valence-electron chi connectivity index (χ0n) is 9.80. The molecule has 0 aromatic carbocycles. The molecule has 0 saturated heterocycles. The van der Waals surface area contributed by atoms with Gasteiger partial charge in [0.1, 0.15) is 0 Å². The van der Waals surface area contributed by atoms with E-state index in [9.17, 15) is 0 Å². The third kappa shape index (κ3) is 2.88. The molecule has 2 fully saturated rings. The van der Waals surface area contributed by atoms with Crippen molar-refractivity contribution in [2.45, 2.75) is 45.4 Å². The largest absolute Gasteiger partial charge is 0.381 e. The van der Waals surface area contributed by atoms with Crippen molar-refractivity contribution >= 4 is 11.6 Å². The lowest BCUT2D eigenvalue weighted by Crippen LogP contribution is -2.23. The third-order valence-electron chi connectivity index (χ3n) is 4.16. The monoisotopic (exact) mass is 230 g/mol. The minimum atomic E-state index is 0.446. The summed E-state index contributed by atoms with van der Waals surface area (Å²) in [5.41, 5.74) is 0.446. The number of hydrogen-bond donors (Lipinski definition) is 0. The molecule has 2 aliphatic rings. The number of halogens is 1. The molecule has 0 aliphatic heterocycles. The SMILES string of the molecule is CCCCOCCC1(CCl)CC2CC2C1. The summed E-state index contributed by atoms with van der Waals surface area (Å²) in [6, 6.07) is 0. The Bertz CT molecular complexity index is 195. The molecule has 1 nitrogen and oxygen atoms in total. The molecule has 0 N–H and O–H groups in total. The summed E-state index contributed by atoms with van der Waals surface area (Å²) in [5, 5.41) is 0. The fourth-order valence-electron chi connectivity index (χ4n) is 3.02. The highest BCUT2D eigenvalue weighted by Crippen LogP contribution is 2.61. The van der Waals surface area contributed by atoms with Gasteiger partial charge in [-0.15, -0.1) is 11.6 Å². The van der Waals surface area contributed by atoms with Crippen LogP contribution >= 0.6 is 11.6 Å². The first-order valence-electron chi connectivity index (χ1n) is 6.43. The highest BCUT2D eigenvalue weighted by atomic mass is 35.5. The summed E-state index contributed by atoms with van der Waals surface area (Å²) in [5.74, 6) is 2.90. The quantitative estimate of drug-likeness (QED) is 0.477. The maximum absolute atomic E-state index is 6.13. The highest BCUT2D eigenvalue weighted by Gasteiger charge is 2.52. The van der Waals surface area contributed by atoms with Gasteiger partial charge in [-0.05, 0) is 49.4 Å². The first kappa shape index (κ1) is 11.7. The summed E-state index contributed by atoms with van der Waals surface area (Å²) in [6.07, 6.45) is 7.84. The Kier molecular flexibility index (Phi) is 3.95. The van der Waals surface area contributed by atoms with E-state index in [0.717, 1.165) is 30.9 Å². The van der Waals surface area contributed by atoms with E-state index in [1.807, 2.05) is 0 Å². The Balaban J connectivity index is 1.63. The Labute approximate surface area is 98.5 Å². The van der Waals surface area contributed by atoms with Gasteiger partial charge in [0.15, 0.2) is 0 Å². The molecule has 0 bridgehead atoms. The standard InChI is InChI=1S/C13H23ClO/c1-2-3-5-15-6-4-13(10-14)8-11-7-12(11)9-13/h11-12H,2-10H2,1H3. The summed E-state index contributed by atoms with van der Waals surface area (Å²) in [4.78, 5) is 0. The van der Waals surface area contributed by atoms with Crippen LogP contribution in [0.25, 0.3) is 0 Å². The molecule has 2 unspecified atom stereocenters. The zero-order valence-corrected chi connectivity index (χ0v) is 10.6. The van der Waals surface area contributed by atoms with Crippen molar-refractivity contribution < 1.29 is 4.74 Å². The van der Waals surface area contributed by atoms with Gasteiger partial charge >= 0.3 is 0 Å². The Morgan fingerprint density at radius 3 is 2.60 bits per heavy atom. The van der Waals surface area contributed by atoms with Crippen molar-refractivity contribution in [2.75, 3.05) is 19.1 Å². The smallest absolute Gasteiger partial charge is 0.0471 e. The molecular weight excluding hydrogens is 208 g/mol. The number of unbranched alkanes of at least 4 members (excludes halogenated alkanes) is 1. The van der Waals surface area contributed by atoms with Gasteiger partial charge < -0.3 is 4.74 Å². The van der Waals surface area contributed by atoms with Gasteiger partial charge in [0.05, 0.1) is 0 Å². The van der Waals surface area contributed by atoms with Crippen LogP contribution in [0.2, 0.25) is 0 Å². The molecular formula is C13H23ClO. The minimum Gasteiger partial charge on any atom is -0.381 e. The molecule has 2 aliphatic carbocycles. The first-order chi connectivity index (χ1) is 7.29. The molecule has 2 atom stereocenters. The van der Waals surface area contributed by atoms with E-state index in [4.69, 9.17) is 16.3 Å². The lowest BCUT2D eigenvalue weighted by molar-refractivity contribution is 0.0954. The highest BCUT2D eigenvalue weighted by molar-refractivity contribution is 6.18. The fraction of sp³-hybridized carbons (Fsp3) is 1.00. The van der Waals surface area contributed by atoms with Gasteiger partial charge in [-0.3, -0.25) is 0 Å². The molecule has 15 heavy (non-hydrogen) atoms. The molecule has 2 rings (SSSR count). The van der Waals surface area contributed by atoms with E-state index in [-0.39, 0.29) is 0 Å². The van der Waals surface area contributed by atoms with Gasteiger partial charge in [0.25, 0.3) is 0 Å². The van der Waals surface area contributed by atoms with E-state index in [1.165, 1.54) is 38.5 Å². The van der Waals surface area contributed by atoms with Gasteiger partial charge in [-0.1, -0.05) is 13.3 Å². The number of hydrogen-bond acceptors (Lipinski definition) is 1. The van der Waals surface area contributed by atoms with Crippen LogP contribution < -0.4 is 0 Å². The van der Waals surface area contributed by atoms with Crippen LogP contribution in [0.1, 0.15) is 45.4 Å². The van der Waals surface area contributed by atoms with Gasteiger partial charge in [0.2, 0.25) is 0 Å². The Morgan fingerprint density at radius 1 is 1.27 bits per heavy atom. The second-order valence-electron chi connectivity index (χ2n) is 5.51. The second-order valence-corrected chi connectivity index (χ2v) is 5.78. The van der Waals surface area contributed by atoms with Crippen LogP contribution in [0.15, 0.2) is 0 Å². The van der Waals surface area contributed by atoms with E-state index in [0.29, 0.717) is 5.41 Å². The predicted molar refractivity (Wildman–Crippen MR) is 64.3 cm³/mol. The average molecular weight is 231 g/mol. The van der Waals surface area contributed by atoms with Crippen molar-refractivity contribution in [1.82, 2.24) is 0 Å². The molecule has 0 radical (unpaired) electrons. The molecule has 88 valence electrons. The van der Waals surface area contributed by atoms with E-state index in [2.05, 4.69) is 6.92 Å². The van der Waals surface area contributed by atoms with Gasteiger partial charge in [-0.25, -0.2) is 0 Å². The molecule has 2 saturated carbocycles. The van der Waals surface area contributed by atoms with E-state index < -0.39 is 0 Å². The van der Waals surface area contributed by atoms with Crippen molar-refractivity contribution in [3.63, 3.8) is 0 Å². The summed E-state index contributed by atoms with van der Waals surface area (Å²) in [6.45, 7) is 4.06. The van der Waals surface area contributed by atoms with E-state index >= 15 is 0 Å². The van der Waals surface area contributed by atoms with Crippen LogP contribution in [0.5, 0.6) is 0 Å². The van der Waals surface area contributed by atoms with Crippen molar-refractivity contribution in [2.24, 2.45) is 17.3 Å². The minimum absolute atomic E-state index is 0.446. The Hall–Kier alpha value is 0.250. The molecule has 0 spiro atoms. The van der Waals surface area contributed by atoms with Crippen LogP contribution in [-0.4, -0.2) is 19.1 Å². The average Bonchev–Trinajstić information content (AvgIpc) is 2.87. The van der Waals surface area contributed by atoms with Gasteiger partial charge in [-0.2, -0.15) is 0 Å². The van der Waals surface area contributed by atoms with Crippen molar-refractivity contribution in [1.29, 1.82) is 0 Å². The first-order valence-corrected chi connectivity index (χ1v) is 6.97. The summed E-state index contributed by atoms with van der Waals surface area (Å²) in [7, 11) is 0. The molecule has 0 heterocycles. The number of alkyl halides is 1. The van der Waals surface area contributed by atoms with Crippen molar-refractivity contribution in [3.05, 3.63) is 0 Å². The molecule has 0 aromatic heterocycles. The van der Waals surface area contributed by atoms with Crippen molar-refractivity contribution in [3.8, 4) is 0 Å². The van der Waals surface area contributed by atoms with Crippen LogP contribution in [0.4, 0.5) is 0 Å². The lowest BCUT2D eigenvalue weighted by atomic mass is 9.82. The predicted octanol–water partition coefficient (Wildman–Crippen LogP) is 3.85. The maximum Gasteiger partial charge on any atom is 0.0471 e. The summed E-state index contributed by atoms with van der Waals surface area (Å²) < 4.78 is 5.65. The zero-order chi connectivity index (χ0) is 10.7. The normalized spacial score (nSPS) is 38.0. The lowest BCUT2D eigenvalue weighted by Gasteiger charge is -2.28. The second kappa shape index (κ2) is 5.05. The van der Waals surface area contributed by atoms with E-state index in [1.54, 1.807) is 0 Å². The Morgan fingerprint density at radius 2 is 2.00 bits per heavy atom. The third-order valence-corrected chi connectivity index (χ3v) is 4.73. The number of fused-ring (bicyclic) bond motifs is 1. The topological polar surface area (TPSA) is 9.23 Å². The van der Waals surface area contributed by atoms with Crippen LogP contribution in [-0.2, 0) is 4.74 Å². The van der Waals surface area contributed by atoms with Crippen LogP contribution in [0.3, 0.4) is 0 Å². The molecule has 0 aromatic rings. The van der Waals surface area contributed by atoms with Crippen LogP contribution in [0, 0.1) is 17.3 Å². The fourth-order valence-corrected chi connectivity index (χ4v) is 3.38. The number of rotatable bonds is 7. The number of ether oxygens (including phenoxy) is 1.